The fourth-order valence-corrected chi connectivity index (χ4v) is 4.82. The number of hydrogen-bond donors (Lipinski definition) is 1. The number of anilines is 1. The van der Waals surface area contributed by atoms with Crippen LogP contribution in [0.5, 0.6) is 0 Å². The second-order valence-corrected chi connectivity index (χ2v) is 7.75. The van der Waals surface area contributed by atoms with Gasteiger partial charge in [0.05, 0.1) is 21.3 Å². The molecule has 0 saturated heterocycles. The summed E-state index contributed by atoms with van der Waals surface area (Å²) in [5.41, 5.74) is 7.99. The molecule has 0 aliphatic heterocycles. The molecule has 2 aromatic heterocycles. The maximum absolute atomic E-state index is 5.78. The van der Waals surface area contributed by atoms with Gasteiger partial charge in [-0.3, -0.25) is 0 Å². The molecule has 3 nitrogen and oxygen atoms in total. The van der Waals surface area contributed by atoms with Crippen molar-refractivity contribution in [3.8, 4) is 10.6 Å². The third-order valence-electron chi connectivity index (χ3n) is 3.93. The van der Waals surface area contributed by atoms with Gasteiger partial charge in [0.2, 0.25) is 0 Å². The molecule has 0 unspecified atom stereocenters. The summed E-state index contributed by atoms with van der Waals surface area (Å²) in [4.78, 5) is 10.6. The summed E-state index contributed by atoms with van der Waals surface area (Å²) >= 11 is 3.35. The highest BCUT2D eigenvalue weighted by Gasteiger charge is 2.23. The monoisotopic (exact) mass is 307 g/mol. The molecule has 20 heavy (non-hydrogen) atoms. The summed E-state index contributed by atoms with van der Waals surface area (Å²) in [5.74, 6) is 1.09. The number of aromatic nitrogens is 2. The standard InChI is InChI=1S/C15H21N3S2/c1-9(2)12-13(11-8-19-15(16)17-11)20-14(18-12)10-6-4-3-5-7-10/h8-10H,3-7H2,1-2H3,(H2,16,17). The maximum Gasteiger partial charge on any atom is 0.180 e. The first-order valence-corrected chi connectivity index (χ1v) is 9.06. The highest BCUT2D eigenvalue weighted by molar-refractivity contribution is 7.16. The van der Waals surface area contributed by atoms with Crippen LogP contribution in [0.3, 0.4) is 0 Å². The summed E-state index contributed by atoms with van der Waals surface area (Å²) in [5, 5.41) is 4.01. The molecule has 1 aliphatic rings. The molecule has 0 spiro atoms. The first kappa shape index (κ1) is 14.0. The van der Waals surface area contributed by atoms with Gasteiger partial charge >= 0.3 is 0 Å². The van der Waals surface area contributed by atoms with E-state index in [2.05, 4.69) is 24.2 Å². The minimum Gasteiger partial charge on any atom is -0.375 e. The second-order valence-electron chi connectivity index (χ2n) is 5.83. The molecule has 5 heteroatoms. The van der Waals surface area contributed by atoms with E-state index in [4.69, 9.17) is 10.7 Å². The van der Waals surface area contributed by atoms with E-state index in [1.54, 1.807) is 0 Å². The van der Waals surface area contributed by atoms with E-state index in [9.17, 15) is 0 Å². The number of hydrogen-bond acceptors (Lipinski definition) is 5. The van der Waals surface area contributed by atoms with Gasteiger partial charge in [-0.2, -0.15) is 0 Å². The van der Waals surface area contributed by atoms with E-state index in [0.29, 0.717) is 17.0 Å². The van der Waals surface area contributed by atoms with Crippen molar-refractivity contribution in [2.45, 2.75) is 57.8 Å². The zero-order chi connectivity index (χ0) is 14.1. The molecule has 0 amide bonds. The van der Waals surface area contributed by atoms with Gasteiger partial charge in [0.15, 0.2) is 5.13 Å². The number of thiazole rings is 2. The van der Waals surface area contributed by atoms with Crippen LogP contribution in [0.1, 0.15) is 68.5 Å². The molecule has 1 fully saturated rings. The van der Waals surface area contributed by atoms with Gasteiger partial charge in [-0.1, -0.05) is 33.1 Å². The van der Waals surface area contributed by atoms with Crippen LogP contribution >= 0.6 is 22.7 Å². The van der Waals surface area contributed by atoms with Crippen molar-refractivity contribution < 1.29 is 0 Å². The fraction of sp³-hybridized carbons (Fsp3) is 0.600. The normalized spacial score (nSPS) is 16.9. The third-order valence-corrected chi connectivity index (χ3v) is 5.86. The molecule has 0 aromatic carbocycles. The van der Waals surface area contributed by atoms with Crippen LogP contribution in [0.15, 0.2) is 5.38 Å². The number of nitrogens with zero attached hydrogens (tertiary/aromatic N) is 2. The van der Waals surface area contributed by atoms with Gasteiger partial charge in [0.1, 0.15) is 0 Å². The Balaban J connectivity index is 1.97. The van der Waals surface area contributed by atoms with Crippen LogP contribution in [0.25, 0.3) is 10.6 Å². The smallest absolute Gasteiger partial charge is 0.180 e. The van der Waals surface area contributed by atoms with Crippen molar-refractivity contribution in [1.82, 2.24) is 9.97 Å². The van der Waals surface area contributed by atoms with E-state index in [1.165, 1.54) is 59.0 Å². The van der Waals surface area contributed by atoms with Gasteiger partial charge in [0.25, 0.3) is 0 Å². The number of nitrogen functional groups attached to an aromatic ring is 1. The molecule has 0 radical (unpaired) electrons. The Bertz CT molecular complexity index is 580. The molecular formula is C15H21N3S2. The van der Waals surface area contributed by atoms with Crippen molar-refractivity contribution in [2.24, 2.45) is 0 Å². The van der Waals surface area contributed by atoms with E-state index in [-0.39, 0.29) is 0 Å². The van der Waals surface area contributed by atoms with Crippen LogP contribution < -0.4 is 5.73 Å². The zero-order valence-corrected chi connectivity index (χ0v) is 13.7. The lowest BCUT2D eigenvalue weighted by atomic mass is 9.90. The Labute approximate surface area is 128 Å². The van der Waals surface area contributed by atoms with Crippen LogP contribution in [-0.2, 0) is 0 Å². The van der Waals surface area contributed by atoms with Gasteiger partial charge < -0.3 is 5.73 Å². The number of rotatable bonds is 3. The van der Waals surface area contributed by atoms with Gasteiger partial charge in [-0.25, -0.2) is 9.97 Å². The zero-order valence-electron chi connectivity index (χ0n) is 12.1. The average Bonchev–Trinajstić information content (AvgIpc) is 3.05. The Morgan fingerprint density at radius 3 is 2.55 bits per heavy atom. The molecule has 1 aliphatic carbocycles. The molecule has 2 aromatic rings. The molecule has 0 atom stereocenters. The minimum absolute atomic E-state index is 0.432. The molecular weight excluding hydrogens is 286 g/mol. The lowest BCUT2D eigenvalue weighted by molar-refractivity contribution is 0.441. The van der Waals surface area contributed by atoms with Crippen molar-refractivity contribution >= 4 is 27.8 Å². The maximum atomic E-state index is 5.78. The lowest BCUT2D eigenvalue weighted by Crippen LogP contribution is -2.04. The van der Waals surface area contributed by atoms with Crippen molar-refractivity contribution in [1.29, 1.82) is 0 Å². The molecule has 2 heterocycles. The van der Waals surface area contributed by atoms with Crippen molar-refractivity contribution in [3.05, 3.63) is 16.1 Å². The van der Waals surface area contributed by atoms with Crippen molar-refractivity contribution in [3.63, 3.8) is 0 Å². The van der Waals surface area contributed by atoms with E-state index in [0.717, 1.165) is 5.69 Å². The van der Waals surface area contributed by atoms with Crippen LogP contribution in [0.2, 0.25) is 0 Å². The summed E-state index contributed by atoms with van der Waals surface area (Å²) in [6.07, 6.45) is 6.67. The Kier molecular flexibility index (Phi) is 4.08. The number of nitrogens with two attached hydrogens (primary N) is 1. The van der Waals surface area contributed by atoms with Gasteiger partial charge in [-0.05, 0) is 18.8 Å². The van der Waals surface area contributed by atoms with Gasteiger partial charge in [-0.15, -0.1) is 22.7 Å². The molecule has 2 N–H and O–H groups in total. The van der Waals surface area contributed by atoms with Crippen molar-refractivity contribution in [2.75, 3.05) is 5.73 Å². The molecule has 108 valence electrons. The average molecular weight is 307 g/mol. The highest BCUT2D eigenvalue weighted by Crippen LogP contribution is 2.41. The second kappa shape index (κ2) is 5.82. The first-order chi connectivity index (χ1) is 9.65. The quantitative estimate of drug-likeness (QED) is 0.866. The fourth-order valence-electron chi connectivity index (χ4n) is 2.84. The van der Waals surface area contributed by atoms with Gasteiger partial charge in [0, 0.05) is 11.3 Å². The predicted molar refractivity (Wildman–Crippen MR) is 87.5 cm³/mol. The molecule has 3 rings (SSSR count). The molecule has 0 bridgehead atoms. The Morgan fingerprint density at radius 2 is 1.95 bits per heavy atom. The Hall–Kier alpha value is -0.940. The van der Waals surface area contributed by atoms with E-state index in [1.807, 2.05) is 11.3 Å². The lowest BCUT2D eigenvalue weighted by Gasteiger charge is -2.18. The van der Waals surface area contributed by atoms with Crippen LogP contribution in [0, 0.1) is 0 Å². The summed E-state index contributed by atoms with van der Waals surface area (Å²) in [6, 6.07) is 0. The third kappa shape index (κ3) is 2.74. The summed E-state index contributed by atoms with van der Waals surface area (Å²) in [6.45, 7) is 4.41. The first-order valence-electron chi connectivity index (χ1n) is 7.37. The summed E-state index contributed by atoms with van der Waals surface area (Å²) < 4.78 is 0. The SMILES string of the molecule is CC(C)c1nc(C2CCCCC2)sc1-c1csc(N)n1. The topological polar surface area (TPSA) is 51.8 Å². The van der Waals surface area contributed by atoms with E-state index >= 15 is 0 Å². The summed E-state index contributed by atoms with van der Waals surface area (Å²) in [7, 11) is 0. The minimum atomic E-state index is 0.432. The van der Waals surface area contributed by atoms with Crippen LogP contribution in [0.4, 0.5) is 5.13 Å². The predicted octanol–water partition coefficient (Wildman–Crippen LogP) is 5.02. The van der Waals surface area contributed by atoms with E-state index < -0.39 is 0 Å². The van der Waals surface area contributed by atoms with Crippen LogP contribution in [-0.4, -0.2) is 9.97 Å². The Morgan fingerprint density at radius 1 is 1.20 bits per heavy atom. The highest BCUT2D eigenvalue weighted by atomic mass is 32.1. The largest absolute Gasteiger partial charge is 0.375 e. The molecule has 1 saturated carbocycles.